The quantitative estimate of drug-likeness (QED) is 0.224. The summed E-state index contributed by atoms with van der Waals surface area (Å²) in [7, 11) is 0. The van der Waals surface area contributed by atoms with E-state index in [-0.39, 0.29) is 42.2 Å². The Balaban J connectivity index is 0.00000312. The highest BCUT2D eigenvalue weighted by molar-refractivity contribution is 14.0. The molecule has 0 saturated carbocycles. The summed E-state index contributed by atoms with van der Waals surface area (Å²) in [6, 6.07) is 12.7. The van der Waals surface area contributed by atoms with Crippen LogP contribution in [0.4, 0.5) is 11.4 Å². The number of halogens is 1. The number of hydrogen-bond donors (Lipinski definition) is 2. The molecule has 0 aliphatic heterocycles. The standard InChI is InChI=1S/C18H22N4O2.HI/c1-3-13-9-7-10-14(4-2)17(13)21-18(19)20-12-15-8-5-6-11-16(15)22(23)24;/h5-11H,3-4,12H2,1-2H3,(H3,19,20,21);1H. The first kappa shape index (κ1) is 20.9. The SMILES string of the molecule is CCc1cccc(CC)c1NC(N)=NCc1ccccc1[N+](=O)[O-].I. The van der Waals surface area contributed by atoms with Crippen LogP contribution in [0.1, 0.15) is 30.5 Å². The number of nitrogens with zero attached hydrogens (tertiary/aromatic N) is 2. The predicted octanol–water partition coefficient (Wildman–Crippen LogP) is 4.26. The number of para-hydroxylation sites is 2. The lowest BCUT2D eigenvalue weighted by Gasteiger charge is -2.14. The number of hydrogen-bond acceptors (Lipinski definition) is 3. The maximum atomic E-state index is 11.0. The molecule has 0 atom stereocenters. The van der Waals surface area contributed by atoms with E-state index in [4.69, 9.17) is 5.73 Å². The van der Waals surface area contributed by atoms with Crippen molar-refractivity contribution in [2.24, 2.45) is 10.7 Å². The Kier molecular flexibility index (Phi) is 8.33. The number of guanidine groups is 1. The Hall–Kier alpha value is -2.16. The van der Waals surface area contributed by atoms with E-state index in [0.717, 1.165) is 29.7 Å². The summed E-state index contributed by atoms with van der Waals surface area (Å²) in [6.07, 6.45) is 1.77. The fourth-order valence-corrected chi connectivity index (χ4v) is 2.56. The van der Waals surface area contributed by atoms with Crippen LogP contribution in [0.25, 0.3) is 0 Å². The molecule has 0 amide bonds. The van der Waals surface area contributed by atoms with Gasteiger partial charge in [0.15, 0.2) is 5.96 Å². The van der Waals surface area contributed by atoms with Gasteiger partial charge < -0.3 is 11.1 Å². The average Bonchev–Trinajstić information content (AvgIpc) is 2.60. The lowest BCUT2D eigenvalue weighted by molar-refractivity contribution is -0.385. The molecule has 0 bridgehead atoms. The van der Waals surface area contributed by atoms with Gasteiger partial charge >= 0.3 is 0 Å². The van der Waals surface area contributed by atoms with Gasteiger partial charge in [0.25, 0.3) is 5.69 Å². The summed E-state index contributed by atoms with van der Waals surface area (Å²) >= 11 is 0. The van der Waals surface area contributed by atoms with Gasteiger partial charge in [-0.3, -0.25) is 10.1 Å². The van der Waals surface area contributed by atoms with Crippen LogP contribution in [0, 0.1) is 10.1 Å². The molecule has 0 spiro atoms. The molecule has 2 aromatic rings. The molecule has 0 aliphatic rings. The number of nitrogens with one attached hydrogen (secondary N) is 1. The van der Waals surface area contributed by atoms with Crippen molar-refractivity contribution in [2.75, 3.05) is 5.32 Å². The first-order valence-corrected chi connectivity index (χ1v) is 7.96. The van der Waals surface area contributed by atoms with Crippen molar-refractivity contribution in [1.29, 1.82) is 0 Å². The molecule has 0 radical (unpaired) electrons. The van der Waals surface area contributed by atoms with E-state index >= 15 is 0 Å². The molecule has 25 heavy (non-hydrogen) atoms. The molecule has 6 nitrogen and oxygen atoms in total. The fraction of sp³-hybridized carbons (Fsp3) is 0.278. The topological polar surface area (TPSA) is 93.5 Å². The number of nitro groups is 1. The second kappa shape index (κ2) is 9.97. The smallest absolute Gasteiger partial charge is 0.274 e. The molecule has 7 heteroatoms. The number of benzene rings is 2. The van der Waals surface area contributed by atoms with Gasteiger partial charge in [0.2, 0.25) is 0 Å². The number of aryl methyl sites for hydroxylation is 2. The van der Waals surface area contributed by atoms with E-state index in [2.05, 4.69) is 36.3 Å². The van der Waals surface area contributed by atoms with E-state index in [1.165, 1.54) is 6.07 Å². The molecular weight excluding hydrogens is 431 g/mol. The Morgan fingerprint density at radius 2 is 1.64 bits per heavy atom. The van der Waals surface area contributed by atoms with E-state index in [1.54, 1.807) is 18.2 Å². The average molecular weight is 454 g/mol. The maximum absolute atomic E-state index is 11.0. The van der Waals surface area contributed by atoms with Crippen LogP contribution < -0.4 is 11.1 Å². The van der Waals surface area contributed by atoms with Crippen molar-refractivity contribution in [2.45, 2.75) is 33.2 Å². The number of rotatable bonds is 6. The monoisotopic (exact) mass is 454 g/mol. The summed E-state index contributed by atoms with van der Waals surface area (Å²) in [5, 5.41) is 14.2. The predicted molar refractivity (Wildman–Crippen MR) is 113 cm³/mol. The molecule has 0 unspecified atom stereocenters. The number of aliphatic imine (C=N–C) groups is 1. The maximum Gasteiger partial charge on any atom is 0.274 e. The normalized spacial score (nSPS) is 10.9. The lowest BCUT2D eigenvalue weighted by atomic mass is 10.0. The number of nitro benzene ring substituents is 1. The van der Waals surface area contributed by atoms with Crippen molar-refractivity contribution in [3.63, 3.8) is 0 Å². The highest BCUT2D eigenvalue weighted by Gasteiger charge is 2.12. The first-order chi connectivity index (χ1) is 11.6. The summed E-state index contributed by atoms with van der Waals surface area (Å²) < 4.78 is 0. The van der Waals surface area contributed by atoms with Crippen LogP contribution in [0.15, 0.2) is 47.5 Å². The van der Waals surface area contributed by atoms with Crippen LogP contribution in [-0.2, 0) is 19.4 Å². The molecule has 3 N–H and O–H groups in total. The molecule has 134 valence electrons. The lowest BCUT2D eigenvalue weighted by Crippen LogP contribution is -2.24. The van der Waals surface area contributed by atoms with E-state index in [9.17, 15) is 10.1 Å². The zero-order valence-electron chi connectivity index (χ0n) is 14.4. The zero-order valence-corrected chi connectivity index (χ0v) is 16.7. The van der Waals surface area contributed by atoms with Gasteiger partial charge in [-0.2, -0.15) is 0 Å². The molecule has 0 aromatic heterocycles. The van der Waals surface area contributed by atoms with Gasteiger partial charge in [0.1, 0.15) is 0 Å². The summed E-state index contributed by atoms with van der Waals surface area (Å²) in [4.78, 5) is 14.9. The summed E-state index contributed by atoms with van der Waals surface area (Å²) in [6.45, 7) is 4.33. The van der Waals surface area contributed by atoms with Gasteiger partial charge in [-0.25, -0.2) is 4.99 Å². The number of anilines is 1. The van der Waals surface area contributed by atoms with Crippen molar-refractivity contribution in [3.8, 4) is 0 Å². The third kappa shape index (κ3) is 5.42. The van der Waals surface area contributed by atoms with E-state index < -0.39 is 4.92 Å². The minimum Gasteiger partial charge on any atom is -0.370 e. The van der Waals surface area contributed by atoms with Gasteiger partial charge in [-0.15, -0.1) is 24.0 Å². The Bertz CT molecular complexity index is 740. The minimum absolute atomic E-state index is 0. The van der Waals surface area contributed by atoms with Gasteiger partial charge in [0.05, 0.1) is 17.0 Å². The molecule has 0 aliphatic carbocycles. The van der Waals surface area contributed by atoms with Crippen molar-refractivity contribution < 1.29 is 4.92 Å². The third-order valence-electron chi connectivity index (χ3n) is 3.86. The van der Waals surface area contributed by atoms with Crippen molar-refractivity contribution in [1.82, 2.24) is 0 Å². The second-order valence-corrected chi connectivity index (χ2v) is 5.37. The fourth-order valence-electron chi connectivity index (χ4n) is 2.56. The van der Waals surface area contributed by atoms with Gasteiger partial charge in [-0.05, 0) is 24.0 Å². The van der Waals surface area contributed by atoms with Crippen LogP contribution in [0.3, 0.4) is 0 Å². The van der Waals surface area contributed by atoms with Crippen molar-refractivity contribution in [3.05, 3.63) is 69.3 Å². The van der Waals surface area contributed by atoms with Crippen molar-refractivity contribution >= 4 is 41.3 Å². The molecule has 0 saturated heterocycles. The zero-order chi connectivity index (χ0) is 17.5. The molecule has 2 rings (SSSR count). The highest BCUT2D eigenvalue weighted by atomic mass is 127. The van der Waals surface area contributed by atoms with Crippen LogP contribution in [0.2, 0.25) is 0 Å². The summed E-state index contributed by atoms with van der Waals surface area (Å²) in [5.74, 6) is 0.253. The number of nitrogens with two attached hydrogens (primary N) is 1. The molecule has 0 heterocycles. The summed E-state index contributed by atoms with van der Waals surface area (Å²) in [5.41, 5.74) is 9.89. The third-order valence-corrected chi connectivity index (χ3v) is 3.86. The Morgan fingerprint density at radius 3 is 2.20 bits per heavy atom. The van der Waals surface area contributed by atoms with Crippen LogP contribution in [-0.4, -0.2) is 10.9 Å². The van der Waals surface area contributed by atoms with Gasteiger partial charge in [0, 0.05) is 11.8 Å². The van der Waals surface area contributed by atoms with E-state index in [1.807, 2.05) is 6.07 Å². The van der Waals surface area contributed by atoms with Gasteiger partial charge in [-0.1, -0.05) is 50.2 Å². The van der Waals surface area contributed by atoms with Crippen LogP contribution in [0.5, 0.6) is 0 Å². The molecule has 2 aromatic carbocycles. The van der Waals surface area contributed by atoms with Crippen LogP contribution >= 0.6 is 24.0 Å². The highest BCUT2D eigenvalue weighted by Crippen LogP contribution is 2.23. The largest absolute Gasteiger partial charge is 0.370 e. The van der Waals surface area contributed by atoms with E-state index in [0.29, 0.717) is 5.56 Å². The minimum atomic E-state index is -0.407. The first-order valence-electron chi connectivity index (χ1n) is 7.96. The Morgan fingerprint density at radius 1 is 1.08 bits per heavy atom. The molecule has 0 fully saturated rings. The second-order valence-electron chi connectivity index (χ2n) is 5.37. The molecular formula is C18H23IN4O2. The Labute approximate surface area is 164 Å².